The third-order valence-electron chi connectivity index (χ3n) is 2.54. The zero-order valence-corrected chi connectivity index (χ0v) is 8.86. The molecule has 0 aromatic rings. The molecule has 0 aliphatic carbocycles. The van der Waals surface area contributed by atoms with E-state index in [1.54, 1.807) is 0 Å². The van der Waals surface area contributed by atoms with Crippen LogP contribution in [0.3, 0.4) is 0 Å². The summed E-state index contributed by atoms with van der Waals surface area (Å²) >= 11 is 0. The van der Waals surface area contributed by atoms with E-state index in [9.17, 15) is 0 Å². The van der Waals surface area contributed by atoms with Crippen LogP contribution in [-0.2, 0) is 0 Å². The summed E-state index contributed by atoms with van der Waals surface area (Å²) in [4.78, 5) is 0. The molecular weight excluding hydrogens is 174 g/mol. The van der Waals surface area contributed by atoms with Crippen molar-refractivity contribution in [3.63, 3.8) is 0 Å². The lowest BCUT2D eigenvalue weighted by molar-refractivity contribution is 0.304. The minimum atomic E-state index is -0.166. The number of nitrogens with zero attached hydrogens (tertiary/aromatic N) is 3. The monoisotopic (exact) mass is 189 g/mol. The van der Waals surface area contributed by atoms with Crippen LogP contribution in [0.15, 0.2) is 0 Å². The van der Waals surface area contributed by atoms with Crippen LogP contribution < -0.4 is 0 Å². The fourth-order valence-corrected chi connectivity index (χ4v) is 1.49. The lowest BCUT2D eigenvalue weighted by atomic mass is 9.79. The largest absolute Gasteiger partial charge is 0.198 e. The minimum Gasteiger partial charge on any atom is -0.198 e. The summed E-state index contributed by atoms with van der Waals surface area (Å²) in [5.41, 5.74) is 0. The van der Waals surface area contributed by atoms with Gasteiger partial charge in [0, 0.05) is 17.8 Å². The maximum absolute atomic E-state index is 8.79. The lowest BCUT2D eigenvalue weighted by Gasteiger charge is -2.21. The molecule has 3 nitrogen and oxygen atoms in total. The highest BCUT2D eigenvalue weighted by Gasteiger charge is 2.25. The van der Waals surface area contributed by atoms with Crippen LogP contribution >= 0.6 is 0 Å². The van der Waals surface area contributed by atoms with Crippen molar-refractivity contribution < 1.29 is 0 Å². The van der Waals surface area contributed by atoms with Crippen molar-refractivity contribution >= 4 is 0 Å². The van der Waals surface area contributed by atoms with Gasteiger partial charge in [0.15, 0.2) is 0 Å². The molecule has 14 heavy (non-hydrogen) atoms. The van der Waals surface area contributed by atoms with E-state index < -0.39 is 0 Å². The zero-order valence-electron chi connectivity index (χ0n) is 8.86. The first-order chi connectivity index (χ1) is 6.56. The molecule has 0 aromatic carbocycles. The molecule has 0 saturated carbocycles. The molecule has 3 heteroatoms. The van der Waals surface area contributed by atoms with Gasteiger partial charge >= 0.3 is 0 Å². The molecule has 0 N–H and O–H groups in total. The summed E-state index contributed by atoms with van der Waals surface area (Å²) < 4.78 is 0. The van der Waals surface area contributed by atoms with Crippen LogP contribution in [0.2, 0.25) is 0 Å². The first-order valence-corrected chi connectivity index (χ1v) is 4.75. The van der Waals surface area contributed by atoms with Crippen molar-refractivity contribution in [3.05, 3.63) is 0 Å². The third-order valence-corrected chi connectivity index (χ3v) is 2.54. The van der Waals surface area contributed by atoms with Gasteiger partial charge in [-0.3, -0.25) is 0 Å². The van der Waals surface area contributed by atoms with Gasteiger partial charge in [-0.05, 0) is 33.1 Å². The van der Waals surface area contributed by atoms with Crippen LogP contribution in [0.4, 0.5) is 0 Å². The third kappa shape index (κ3) is 3.46. The van der Waals surface area contributed by atoms with Gasteiger partial charge in [-0.25, -0.2) is 0 Å². The van der Waals surface area contributed by atoms with Crippen LogP contribution in [0.5, 0.6) is 0 Å². The Bertz CT molecular complexity index is 269. The molecule has 0 aliphatic heterocycles. The molecular formula is C11H15N3. The van der Waals surface area contributed by atoms with E-state index in [1.807, 2.05) is 20.8 Å². The van der Waals surface area contributed by atoms with E-state index in [-0.39, 0.29) is 23.7 Å². The van der Waals surface area contributed by atoms with E-state index in [0.29, 0.717) is 6.42 Å². The Morgan fingerprint density at radius 3 is 1.57 bits per heavy atom. The van der Waals surface area contributed by atoms with E-state index in [1.165, 1.54) is 0 Å². The second-order valence-electron chi connectivity index (χ2n) is 3.77. The average molecular weight is 189 g/mol. The molecule has 0 aromatic heterocycles. The van der Waals surface area contributed by atoms with Gasteiger partial charge in [-0.15, -0.1) is 0 Å². The average Bonchev–Trinajstić information content (AvgIpc) is 2.23. The fraction of sp³-hybridized carbons (Fsp3) is 0.727. The Morgan fingerprint density at radius 2 is 1.29 bits per heavy atom. The van der Waals surface area contributed by atoms with E-state index >= 15 is 0 Å². The second-order valence-corrected chi connectivity index (χ2v) is 3.77. The fourth-order valence-electron chi connectivity index (χ4n) is 1.49. The lowest BCUT2D eigenvalue weighted by Crippen LogP contribution is -2.20. The quantitative estimate of drug-likeness (QED) is 0.682. The highest BCUT2D eigenvalue weighted by molar-refractivity contribution is 4.96. The summed E-state index contributed by atoms with van der Waals surface area (Å²) in [7, 11) is 0. The van der Waals surface area contributed by atoms with Crippen LogP contribution in [0.1, 0.15) is 27.2 Å². The summed E-state index contributed by atoms with van der Waals surface area (Å²) in [6.07, 6.45) is 0.625. The maximum Gasteiger partial charge on any atom is 0.0656 e. The van der Waals surface area contributed by atoms with Gasteiger partial charge in [0.2, 0.25) is 0 Å². The second kappa shape index (κ2) is 6.01. The molecule has 0 fully saturated rings. The summed E-state index contributed by atoms with van der Waals surface area (Å²) in [6.45, 7) is 5.44. The van der Waals surface area contributed by atoms with Gasteiger partial charge in [-0.1, -0.05) is 0 Å². The van der Waals surface area contributed by atoms with Crippen molar-refractivity contribution in [2.45, 2.75) is 27.2 Å². The Labute approximate surface area is 85.6 Å². The Morgan fingerprint density at radius 1 is 0.857 bits per heavy atom. The smallest absolute Gasteiger partial charge is 0.0656 e. The molecule has 0 saturated heterocycles. The first kappa shape index (κ1) is 12.5. The Hall–Kier alpha value is -1.53. The molecule has 0 radical (unpaired) electrons. The summed E-state index contributed by atoms with van der Waals surface area (Å²) in [5.74, 6) is -0.424. The topological polar surface area (TPSA) is 71.4 Å². The van der Waals surface area contributed by atoms with Crippen molar-refractivity contribution in [2.75, 3.05) is 0 Å². The number of rotatable bonds is 4. The molecule has 0 spiro atoms. The summed E-state index contributed by atoms with van der Waals surface area (Å²) in [5, 5.41) is 26.3. The van der Waals surface area contributed by atoms with Gasteiger partial charge < -0.3 is 0 Å². The standard InChI is InChI=1S/C11H15N3/c1-8(5-12)4-11(9(2)6-13)10(3)7-14/h8-11H,4H2,1-3H3. The normalized spacial score (nSPS) is 18.0. The highest BCUT2D eigenvalue weighted by Crippen LogP contribution is 2.27. The first-order valence-electron chi connectivity index (χ1n) is 4.75. The van der Waals surface area contributed by atoms with Crippen molar-refractivity contribution in [2.24, 2.45) is 23.7 Å². The highest BCUT2D eigenvalue weighted by atomic mass is 14.4. The Kier molecular flexibility index (Phi) is 5.35. The Balaban J connectivity index is 4.53. The van der Waals surface area contributed by atoms with Gasteiger partial charge in [0.25, 0.3) is 0 Å². The molecule has 0 rings (SSSR count). The number of nitriles is 3. The van der Waals surface area contributed by atoms with Crippen LogP contribution in [-0.4, -0.2) is 0 Å². The van der Waals surface area contributed by atoms with E-state index in [0.717, 1.165) is 0 Å². The van der Waals surface area contributed by atoms with Gasteiger partial charge in [0.05, 0.1) is 18.2 Å². The van der Waals surface area contributed by atoms with Gasteiger partial charge in [-0.2, -0.15) is 15.8 Å². The molecule has 74 valence electrons. The van der Waals surface area contributed by atoms with E-state index in [2.05, 4.69) is 18.2 Å². The molecule has 3 atom stereocenters. The zero-order chi connectivity index (χ0) is 11.1. The molecule has 0 aliphatic rings. The van der Waals surface area contributed by atoms with Crippen molar-refractivity contribution in [1.29, 1.82) is 15.8 Å². The van der Waals surface area contributed by atoms with Crippen molar-refractivity contribution in [3.8, 4) is 18.2 Å². The number of hydrogen-bond donors (Lipinski definition) is 0. The van der Waals surface area contributed by atoms with Gasteiger partial charge in [0.1, 0.15) is 0 Å². The molecule has 0 amide bonds. The molecule has 0 heterocycles. The predicted octanol–water partition coefficient (Wildman–Crippen LogP) is 2.47. The predicted molar refractivity (Wildman–Crippen MR) is 52.4 cm³/mol. The van der Waals surface area contributed by atoms with E-state index in [4.69, 9.17) is 15.8 Å². The molecule has 0 bridgehead atoms. The minimum absolute atomic E-state index is 0.000324. The van der Waals surface area contributed by atoms with Crippen molar-refractivity contribution in [1.82, 2.24) is 0 Å². The molecule has 3 unspecified atom stereocenters. The number of hydrogen-bond acceptors (Lipinski definition) is 3. The summed E-state index contributed by atoms with van der Waals surface area (Å²) in [6, 6.07) is 6.43. The van der Waals surface area contributed by atoms with Crippen LogP contribution in [0.25, 0.3) is 0 Å². The SMILES string of the molecule is CC(C#N)CC(C(C)C#N)C(C)C#N. The van der Waals surface area contributed by atoms with Crippen LogP contribution in [0, 0.1) is 57.7 Å². The maximum atomic E-state index is 8.79.